The van der Waals surface area contributed by atoms with Crippen LogP contribution in [0.1, 0.15) is 51.5 Å². The average molecular weight is 352 g/mol. The summed E-state index contributed by atoms with van der Waals surface area (Å²) in [4.78, 5) is 7.36. The number of rotatable bonds is 4. The summed E-state index contributed by atoms with van der Waals surface area (Å²) in [5.74, 6) is 2.11. The maximum atomic E-state index is 4.77. The van der Waals surface area contributed by atoms with Crippen LogP contribution in [-0.2, 0) is 6.54 Å². The van der Waals surface area contributed by atoms with Crippen LogP contribution in [0.25, 0.3) is 0 Å². The van der Waals surface area contributed by atoms with Gasteiger partial charge in [0.1, 0.15) is 5.82 Å². The largest absolute Gasteiger partial charge is 0.353 e. The van der Waals surface area contributed by atoms with E-state index in [0.717, 1.165) is 23.0 Å². The van der Waals surface area contributed by atoms with E-state index in [0.29, 0.717) is 6.04 Å². The van der Waals surface area contributed by atoms with Crippen molar-refractivity contribution in [1.82, 2.24) is 10.3 Å². The Morgan fingerprint density at radius 3 is 2.95 bits per heavy atom. The fourth-order valence-electron chi connectivity index (χ4n) is 3.85. The van der Waals surface area contributed by atoms with Crippen LogP contribution >= 0.6 is 15.9 Å². The van der Waals surface area contributed by atoms with Crippen molar-refractivity contribution in [3.8, 4) is 0 Å². The molecule has 4 heteroatoms. The lowest BCUT2D eigenvalue weighted by atomic mass is 9.85. The zero-order valence-electron chi connectivity index (χ0n) is 13.1. The smallest absolute Gasteiger partial charge is 0.133 e. The van der Waals surface area contributed by atoms with Gasteiger partial charge in [-0.15, -0.1) is 0 Å². The molecular formula is C17H26BrN3. The first kappa shape index (κ1) is 15.3. The zero-order chi connectivity index (χ0) is 14.8. The molecule has 116 valence electrons. The number of aromatic nitrogens is 1. The van der Waals surface area contributed by atoms with E-state index >= 15 is 0 Å². The molecule has 1 aliphatic heterocycles. The van der Waals surface area contributed by atoms with Gasteiger partial charge in [0.15, 0.2) is 0 Å². The van der Waals surface area contributed by atoms with Crippen molar-refractivity contribution < 1.29 is 0 Å². The average Bonchev–Trinajstić information content (AvgIpc) is 2.89. The Morgan fingerprint density at radius 1 is 1.33 bits per heavy atom. The lowest BCUT2D eigenvalue weighted by Crippen LogP contribution is -2.36. The topological polar surface area (TPSA) is 28.2 Å². The van der Waals surface area contributed by atoms with E-state index in [4.69, 9.17) is 4.98 Å². The van der Waals surface area contributed by atoms with Crippen molar-refractivity contribution in [3.63, 3.8) is 0 Å². The Kier molecular flexibility index (Phi) is 4.85. The molecule has 2 aliphatic rings. The molecule has 1 saturated carbocycles. The molecule has 0 bridgehead atoms. The minimum atomic E-state index is 0.498. The Labute approximate surface area is 136 Å². The van der Waals surface area contributed by atoms with Gasteiger partial charge in [0.2, 0.25) is 0 Å². The van der Waals surface area contributed by atoms with E-state index in [-0.39, 0.29) is 0 Å². The normalized spacial score (nSPS) is 25.4. The molecule has 1 N–H and O–H groups in total. The number of nitrogens with one attached hydrogen (secondary N) is 1. The summed E-state index contributed by atoms with van der Waals surface area (Å²) >= 11 is 3.57. The van der Waals surface area contributed by atoms with E-state index in [9.17, 15) is 0 Å². The molecule has 1 aromatic heterocycles. The SMILES string of the molecule is CC(C)NCc1cc(Br)cnc1N1CCC2CCCCC21. The summed E-state index contributed by atoms with van der Waals surface area (Å²) in [7, 11) is 0. The minimum Gasteiger partial charge on any atom is -0.353 e. The molecule has 0 spiro atoms. The van der Waals surface area contributed by atoms with Gasteiger partial charge in [-0.2, -0.15) is 0 Å². The number of halogens is 1. The zero-order valence-corrected chi connectivity index (χ0v) is 14.7. The molecule has 3 rings (SSSR count). The maximum Gasteiger partial charge on any atom is 0.133 e. The van der Waals surface area contributed by atoms with Gasteiger partial charge in [0, 0.05) is 41.4 Å². The summed E-state index contributed by atoms with van der Waals surface area (Å²) in [6, 6.07) is 3.46. The molecule has 0 amide bonds. The van der Waals surface area contributed by atoms with Crippen LogP contribution in [0.4, 0.5) is 5.82 Å². The predicted molar refractivity (Wildman–Crippen MR) is 91.6 cm³/mol. The second-order valence-electron chi connectivity index (χ2n) is 6.77. The van der Waals surface area contributed by atoms with Gasteiger partial charge in [-0.05, 0) is 47.2 Å². The van der Waals surface area contributed by atoms with Gasteiger partial charge in [-0.3, -0.25) is 0 Å². The van der Waals surface area contributed by atoms with E-state index in [1.54, 1.807) is 0 Å². The number of fused-ring (bicyclic) bond motifs is 1. The number of nitrogens with zero attached hydrogens (tertiary/aromatic N) is 2. The fourth-order valence-corrected chi connectivity index (χ4v) is 4.22. The standard InChI is InChI=1S/C17H26BrN3/c1-12(2)19-10-14-9-15(18)11-20-17(14)21-8-7-13-5-3-4-6-16(13)21/h9,11-13,16,19H,3-8,10H2,1-2H3. The van der Waals surface area contributed by atoms with Crippen molar-refractivity contribution in [2.45, 2.75) is 64.6 Å². The first-order valence-electron chi connectivity index (χ1n) is 8.29. The summed E-state index contributed by atoms with van der Waals surface area (Å²) in [5, 5.41) is 3.54. The lowest BCUT2D eigenvalue weighted by Gasteiger charge is -2.33. The van der Waals surface area contributed by atoms with Crippen LogP contribution in [0, 0.1) is 5.92 Å². The van der Waals surface area contributed by atoms with Crippen LogP contribution in [0.3, 0.4) is 0 Å². The Morgan fingerprint density at radius 2 is 2.14 bits per heavy atom. The maximum absolute atomic E-state index is 4.77. The van der Waals surface area contributed by atoms with Crippen LogP contribution in [0.15, 0.2) is 16.7 Å². The first-order valence-corrected chi connectivity index (χ1v) is 9.09. The van der Waals surface area contributed by atoms with Crippen LogP contribution < -0.4 is 10.2 Å². The van der Waals surface area contributed by atoms with Gasteiger partial charge < -0.3 is 10.2 Å². The highest BCUT2D eigenvalue weighted by molar-refractivity contribution is 9.10. The second-order valence-corrected chi connectivity index (χ2v) is 7.68. The predicted octanol–water partition coefficient (Wildman–Crippen LogP) is 4.11. The summed E-state index contributed by atoms with van der Waals surface area (Å²) < 4.78 is 1.08. The van der Waals surface area contributed by atoms with E-state index in [1.165, 1.54) is 50.0 Å². The van der Waals surface area contributed by atoms with Gasteiger partial charge in [-0.1, -0.05) is 26.7 Å². The second kappa shape index (κ2) is 6.66. The third kappa shape index (κ3) is 3.42. The molecule has 1 saturated heterocycles. The van der Waals surface area contributed by atoms with Crippen LogP contribution in [0.5, 0.6) is 0 Å². The quantitative estimate of drug-likeness (QED) is 0.884. The minimum absolute atomic E-state index is 0.498. The highest BCUT2D eigenvalue weighted by Crippen LogP contribution is 2.39. The summed E-state index contributed by atoms with van der Waals surface area (Å²) in [5.41, 5.74) is 1.32. The summed E-state index contributed by atoms with van der Waals surface area (Å²) in [6.45, 7) is 6.46. The Bertz CT molecular complexity index is 489. The van der Waals surface area contributed by atoms with Crippen molar-refractivity contribution in [1.29, 1.82) is 0 Å². The van der Waals surface area contributed by atoms with Crippen LogP contribution in [-0.4, -0.2) is 23.6 Å². The molecule has 0 radical (unpaired) electrons. The molecule has 3 nitrogen and oxygen atoms in total. The van der Waals surface area contributed by atoms with Crippen LogP contribution in [0.2, 0.25) is 0 Å². The Balaban J connectivity index is 1.83. The van der Waals surface area contributed by atoms with Crippen molar-refractivity contribution in [2.75, 3.05) is 11.4 Å². The summed E-state index contributed by atoms with van der Waals surface area (Å²) in [6.07, 6.45) is 8.86. The van der Waals surface area contributed by atoms with Gasteiger partial charge in [-0.25, -0.2) is 4.98 Å². The van der Waals surface area contributed by atoms with Crippen molar-refractivity contribution in [2.24, 2.45) is 5.92 Å². The van der Waals surface area contributed by atoms with E-state index in [1.807, 2.05) is 6.20 Å². The molecule has 2 heterocycles. The third-order valence-corrected chi connectivity index (χ3v) is 5.33. The van der Waals surface area contributed by atoms with Gasteiger partial charge in [0.25, 0.3) is 0 Å². The van der Waals surface area contributed by atoms with Crippen molar-refractivity contribution >= 4 is 21.7 Å². The lowest BCUT2D eigenvalue weighted by molar-refractivity contribution is 0.341. The monoisotopic (exact) mass is 351 g/mol. The van der Waals surface area contributed by atoms with Gasteiger partial charge >= 0.3 is 0 Å². The molecule has 2 unspecified atom stereocenters. The molecule has 0 aromatic carbocycles. The number of hydrogen-bond donors (Lipinski definition) is 1. The number of hydrogen-bond acceptors (Lipinski definition) is 3. The third-order valence-electron chi connectivity index (χ3n) is 4.89. The molecular weight excluding hydrogens is 326 g/mol. The molecule has 21 heavy (non-hydrogen) atoms. The van der Waals surface area contributed by atoms with Crippen molar-refractivity contribution in [3.05, 3.63) is 22.3 Å². The fraction of sp³-hybridized carbons (Fsp3) is 0.706. The highest BCUT2D eigenvalue weighted by Gasteiger charge is 2.37. The first-order chi connectivity index (χ1) is 10.1. The van der Waals surface area contributed by atoms with E-state index in [2.05, 4.69) is 46.1 Å². The highest BCUT2D eigenvalue weighted by atomic mass is 79.9. The van der Waals surface area contributed by atoms with E-state index < -0.39 is 0 Å². The Hall–Kier alpha value is -0.610. The van der Waals surface area contributed by atoms with Gasteiger partial charge in [0.05, 0.1) is 0 Å². The number of anilines is 1. The molecule has 1 aromatic rings. The number of pyridine rings is 1. The molecule has 2 atom stereocenters. The molecule has 1 aliphatic carbocycles. The molecule has 2 fully saturated rings.